The van der Waals surface area contributed by atoms with Crippen LogP contribution in [0.2, 0.25) is 0 Å². The molecule has 6 heteroatoms. The average Bonchev–Trinajstić information content (AvgIpc) is 3.06. The smallest absolute Gasteiger partial charge is 0.355 e. The topological polar surface area (TPSA) is 69.0 Å². The minimum atomic E-state index is -0.456. The van der Waals surface area contributed by atoms with Gasteiger partial charge in [0.2, 0.25) is 0 Å². The fourth-order valence-electron chi connectivity index (χ4n) is 2.72. The molecule has 2 aromatic heterocycles. The summed E-state index contributed by atoms with van der Waals surface area (Å²) in [6.07, 6.45) is 1.74. The molecule has 1 aromatic carbocycles. The van der Waals surface area contributed by atoms with Gasteiger partial charge in [-0.3, -0.25) is 4.79 Å². The third-order valence-corrected chi connectivity index (χ3v) is 4.02. The number of nitrogens with zero attached hydrogens (tertiary/aromatic N) is 1. The summed E-state index contributed by atoms with van der Waals surface area (Å²) < 4.78 is 11.9. The first kappa shape index (κ1) is 17.5. The summed E-state index contributed by atoms with van der Waals surface area (Å²) in [6, 6.07) is 14.4. The Labute approximate surface area is 151 Å². The highest BCUT2D eigenvalue weighted by atomic mass is 16.5. The van der Waals surface area contributed by atoms with Gasteiger partial charge in [-0.05, 0) is 42.8 Å². The molecular formula is C20H20N2O4. The molecule has 1 amide bonds. The molecule has 0 spiro atoms. The number of fused-ring (bicyclic) bond motifs is 1. The Balaban J connectivity index is 1.82. The molecule has 0 aliphatic heterocycles. The maximum Gasteiger partial charge on any atom is 0.355 e. The van der Waals surface area contributed by atoms with Crippen LogP contribution in [0.5, 0.6) is 5.75 Å². The zero-order valence-electron chi connectivity index (χ0n) is 14.7. The van der Waals surface area contributed by atoms with E-state index in [1.54, 1.807) is 42.8 Å². The van der Waals surface area contributed by atoms with E-state index in [0.29, 0.717) is 23.3 Å². The molecule has 2 heterocycles. The summed E-state index contributed by atoms with van der Waals surface area (Å²) in [5.41, 5.74) is 2.37. The zero-order chi connectivity index (χ0) is 18.5. The van der Waals surface area contributed by atoms with E-state index >= 15 is 0 Å². The van der Waals surface area contributed by atoms with Crippen molar-refractivity contribution in [2.24, 2.45) is 0 Å². The van der Waals surface area contributed by atoms with Crippen LogP contribution in [0, 0.1) is 0 Å². The number of pyridine rings is 1. The second kappa shape index (κ2) is 7.74. The van der Waals surface area contributed by atoms with Crippen molar-refractivity contribution in [3.05, 3.63) is 71.5 Å². The minimum Gasteiger partial charge on any atom is -0.497 e. The van der Waals surface area contributed by atoms with E-state index in [2.05, 4.69) is 5.32 Å². The van der Waals surface area contributed by atoms with Crippen molar-refractivity contribution in [2.45, 2.75) is 13.5 Å². The Morgan fingerprint density at radius 3 is 2.58 bits per heavy atom. The predicted molar refractivity (Wildman–Crippen MR) is 97.5 cm³/mol. The van der Waals surface area contributed by atoms with Crippen molar-refractivity contribution in [3.63, 3.8) is 0 Å². The zero-order valence-corrected chi connectivity index (χ0v) is 14.7. The van der Waals surface area contributed by atoms with Crippen molar-refractivity contribution in [1.29, 1.82) is 0 Å². The Bertz CT molecular complexity index is 929. The van der Waals surface area contributed by atoms with Crippen LogP contribution in [0.15, 0.2) is 54.7 Å². The van der Waals surface area contributed by atoms with Crippen molar-refractivity contribution in [2.75, 3.05) is 13.7 Å². The lowest BCUT2D eigenvalue weighted by atomic mass is 10.2. The lowest BCUT2D eigenvalue weighted by molar-refractivity contribution is 0.0518. The fraction of sp³-hybridized carbons (Fsp3) is 0.200. The number of carbonyl (C=O) groups excluding carboxylic acids is 2. The molecule has 0 bridgehead atoms. The molecule has 0 aliphatic rings. The van der Waals surface area contributed by atoms with Gasteiger partial charge in [-0.2, -0.15) is 0 Å². The summed E-state index contributed by atoms with van der Waals surface area (Å²) in [6.45, 7) is 2.40. The fourth-order valence-corrected chi connectivity index (χ4v) is 2.72. The van der Waals surface area contributed by atoms with E-state index < -0.39 is 5.97 Å². The van der Waals surface area contributed by atoms with E-state index in [4.69, 9.17) is 9.47 Å². The lowest BCUT2D eigenvalue weighted by Gasteiger charge is -2.06. The van der Waals surface area contributed by atoms with Gasteiger partial charge in [0, 0.05) is 12.7 Å². The molecule has 0 saturated heterocycles. The van der Waals surface area contributed by atoms with Crippen LogP contribution < -0.4 is 10.1 Å². The largest absolute Gasteiger partial charge is 0.497 e. The minimum absolute atomic E-state index is 0.250. The first-order chi connectivity index (χ1) is 12.6. The van der Waals surface area contributed by atoms with Crippen LogP contribution >= 0.6 is 0 Å². The third-order valence-electron chi connectivity index (χ3n) is 4.02. The molecule has 0 atom stereocenters. The number of esters is 1. The number of carbonyl (C=O) groups is 2. The standard InChI is InChI=1S/C20H20N2O4/c1-3-26-20(24)18-12-16(17-6-4-5-11-22(17)18)19(23)21-13-14-7-9-15(25-2)10-8-14/h4-12H,3,13H2,1-2H3,(H,21,23). The van der Waals surface area contributed by atoms with Gasteiger partial charge in [-0.25, -0.2) is 4.79 Å². The normalized spacial score (nSPS) is 10.5. The highest BCUT2D eigenvalue weighted by molar-refractivity contribution is 6.04. The molecule has 1 N–H and O–H groups in total. The molecule has 3 rings (SSSR count). The second-order valence-corrected chi connectivity index (χ2v) is 5.65. The van der Waals surface area contributed by atoms with E-state index in [1.165, 1.54) is 0 Å². The van der Waals surface area contributed by atoms with E-state index in [-0.39, 0.29) is 12.5 Å². The maximum absolute atomic E-state index is 12.6. The summed E-state index contributed by atoms with van der Waals surface area (Å²) in [4.78, 5) is 24.8. The number of ether oxygens (including phenoxy) is 2. The molecular weight excluding hydrogens is 332 g/mol. The van der Waals surface area contributed by atoms with Gasteiger partial charge >= 0.3 is 5.97 Å². The Morgan fingerprint density at radius 2 is 1.88 bits per heavy atom. The van der Waals surface area contributed by atoms with E-state index in [0.717, 1.165) is 11.3 Å². The number of hydrogen-bond donors (Lipinski definition) is 1. The number of methoxy groups -OCH3 is 1. The molecule has 26 heavy (non-hydrogen) atoms. The highest BCUT2D eigenvalue weighted by Gasteiger charge is 2.19. The molecule has 0 saturated carbocycles. The second-order valence-electron chi connectivity index (χ2n) is 5.65. The van der Waals surface area contributed by atoms with Gasteiger partial charge in [0.05, 0.1) is 24.8 Å². The monoisotopic (exact) mass is 352 g/mol. The van der Waals surface area contributed by atoms with Crippen molar-refractivity contribution in [3.8, 4) is 5.75 Å². The Hall–Kier alpha value is -3.28. The number of amides is 1. The molecule has 0 aliphatic carbocycles. The summed E-state index contributed by atoms with van der Waals surface area (Å²) in [5.74, 6) is 0.0561. The number of nitrogens with one attached hydrogen (secondary N) is 1. The highest BCUT2D eigenvalue weighted by Crippen LogP contribution is 2.18. The Kier molecular flexibility index (Phi) is 5.22. The number of aromatic nitrogens is 1. The van der Waals surface area contributed by atoms with Gasteiger partial charge in [0.1, 0.15) is 11.4 Å². The van der Waals surface area contributed by atoms with Crippen molar-refractivity contribution >= 4 is 17.4 Å². The van der Waals surface area contributed by atoms with Crippen molar-refractivity contribution < 1.29 is 19.1 Å². The van der Waals surface area contributed by atoms with Crippen LogP contribution in [0.25, 0.3) is 5.52 Å². The Morgan fingerprint density at radius 1 is 1.12 bits per heavy atom. The first-order valence-electron chi connectivity index (χ1n) is 8.32. The van der Waals surface area contributed by atoms with E-state index in [1.807, 2.05) is 30.3 Å². The average molecular weight is 352 g/mol. The molecule has 0 unspecified atom stereocenters. The molecule has 0 fully saturated rings. The molecule has 6 nitrogen and oxygen atoms in total. The SMILES string of the molecule is CCOC(=O)c1cc(C(=O)NCc2ccc(OC)cc2)c2ccccn12. The van der Waals surface area contributed by atoms with Crippen LogP contribution in [-0.2, 0) is 11.3 Å². The summed E-state index contributed by atoms with van der Waals surface area (Å²) in [5, 5.41) is 2.88. The lowest BCUT2D eigenvalue weighted by Crippen LogP contribution is -2.22. The van der Waals surface area contributed by atoms with Crippen LogP contribution in [0.4, 0.5) is 0 Å². The van der Waals surface area contributed by atoms with Gasteiger partial charge in [0.25, 0.3) is 5.91 Å². The predicted octanol–water partition coefficient (Wildman–Crippen LogP) is 3.05. The van der Waals surface area contributed by atoms with Gasteiger partial charge < -0.3 is 19.2 Å². The van der Waals surface area contributed by atoms with Gasteiger partial charge in [0.15, 0.2) is 0 Å². The van der Waals surface area contributed by atoms with Crippen LogP contribution in [-0.4, -0.2) is 30.0 Å². The number of rotatable bonds is 6. The first-order valence-corrected chi connectivity index (χ1v) is 8.32. The number of hydrogen-bond acceptors (Lipinski definition) is 4. The van der Waals surface area contributed by atoms with E-state index in [9.17, 15) is 9.59 Å². The molecule has 0 radical (unpaired) electrons. The van der Waals surface area contributed by atoms with Crippen LogP contribution in [0.3, 0.4) is 0 Å². The maximum atomic E-state index is 12.6. The third kappa shape index (κ3) is 3.54. The van der Waals surface area contributed by atoms with Gasteiger partial charge in [-0.1, -0.05) is 18.2 Å². The van der Waals surface area contributed by atoms with Crippen molar-refractivity contribution in [1.82, 2.24) is 9.72 Å². The molecule has 134 valence electrons. The van der Waals surface area contributed by atoms with Gasteiger partial charge in [-0.15, -0.1) is 0 Å². The molecule has 3 aromatic rings. The summed E-state index contributed by atoms with van der Waals surface area (Å²) in [7, 11) is 1.61. The quantitative estimate of drug-likeness (QED) is 0.692. The number of benzene rings is 1. The van der Waals surface area contributed by atoms with Crippen LogP contribution in [0.1, 0.15) is 33.3 Å². The summed E-state index contributed by atoms with van der Waals surface area (Å²) >= 11 is 0.